The molecule has 0 saturated heterocycles. The zero-order chi connectivity index (χ0) is 20.7. The van der Waals surface area contributed by atoms with Gasteiger partial charge in [-0.25, -0.2) is 9.78 Å². The number of pyridine rings is 1. The molecule has 1 aromatic carbocycles. The number of esters is 1. The maximum Gasteiger partial charge on any atom is 0.340 e. The molecule has 0 bridgehead atoms. The number of carbonyl (C=O) groups excluding carboxylic acids is 2. The number of nitrogens with zero attached hydrogens (tertiary/aromatic N) is 3. The van der Waals surface area contributed by atoms with Crippen LogP contribution in [0, 0.1) is 18.3 Å². The Morgan fingerprint density at radius 2 is 2.00 bits per heavy atom. The summed E-state index contributed by atoms with van der Waals surface area (Å²) in [6, 6.07) is 13.2. The van der Waals surface area contributed by atoms with E-state index in [-0.39, 0.29) is 35.4 Å². The predicted molar refractivity (Wildman–Crippen MR) is 108 cm³/mol. The van der Waals surface area contributed by atoms with Crippen LogP contribution in [-0.2, 0) is 9.53 Å². The summed E-state index contributed by atoms with van der Waals surface area (Å²) in [7, 11) is 1.76. The van der Waals surface area contributed by atoms with Crippen molar-refractivity contribution in [3.63, 3.8) is 0 Å². The van der Waals surface area contributed by atoms with E-state index in [0.717, 1.165) is 5.56 Å². The van der Waals surface area contributed by atoms with E-state index in [1.165, 1.54) is 17.8 Å². The highest BCUT2D eigenvalue weighted by molar-refractivity contribution is 8.00. The van der Waals surface area contributed by atoms with Crippen molar-refractivity contribution in [3.8, 4) is 6.07 Å². The number of ether oxygens (including phenoxy) is 1. The minimum atomic E-state index is -0.506. The molecule has 7 heteroatoms. The molecule has 28 heavy (non-hydrogen) atoms. The number of hydrogen-bond donors (Lipinski definition) is 0. The second-order valence-electron chi connectivity index (χ2n) is 6.19. The molecule has 1 aromatic heterocycles. The van der Waals surface area contributed by atoms with E-state index >= 15 is 0 Å². The van der Waals surface area contributed by atoms with E-state index in [0.29, 0.717) is 10.7 Å². The van der Waals surface area contributed by atoms with Gasteiger partial charge in [-0.2, -0.15) is 5.26 Å². The van der Waals surface area contributed by atoms with Gasteiger partial charge >= 0.3 is 5.97 Å². The largest absolute Gasteiger partial charge is 0.462 e. The van der Waals surface area contributed by atoms with Crippen molar-refractivity contribution in [2.75, 3.05) is 19.4 Å². The lowest BCUT2D eigenvalue weighted by atomic mass is 10.1. The van der Waals surface area contributed by atoms with E-state index in [2.05, 4.69) is 4.98 Å². The lowest BCUT2D eigenvalue weighted by Gasteiger charge is -2.25. The molecule has 0 radical (unpaired) electrons. The normalized spacial score (nSPS) is 11.4. The van der Waals surface area contributed by atoms with Crippen molar-refractivity contribution in [3.05, 3.63) is 58.8 Å². The molecule has 1 heterocycles. The number of amides is 1. The number of thioether (sulfide) groups is 1. The highest BCUT2D eigenvalue weighted by atomic mass is 32.2. The number of carbonyl (C=O) groups is 2. The summed E-state index contributed by atoms with van der Waals surface area (Å²) in [5.74, 6) is -0.430. The molecule has 2 rings (SSSR count). The highest BCUT2D eigenvalue weighted by Crippen LogP contribution is 2.25. The first-order valence-corrected chi connectivity index (χ1v) is 9.89. The molecule has 0 N–H and O–H groups in total. The first-order chi connectivity index (χ1) is 13.4. The molecule has 0 saturated carbocycles. The van der Waals surface area contributed by atoms with Crippen LogP contribution in [0.4, 0.5) is 0 Å². The van der Waals surface area contributed by atoms with Gasteiger partial charge in [0, 0.05) is 7.05 Å². The van der Waals surface area contributed by atoms with Gasteiger partial charge in [-0.05, 0) is 32.4 Å². The fourth-order valence-electron chi connectivity index (χ4n) is 2.59. The predicted octanol–water partition coefficient (Wildman–Crippen LogP) is 3.75. The van der Waals surface area contributed by atoms with E-state index in [1.807, 2.05) is 43.3 Å². The third-order valence-corrected chi connectivity index (χ3v) is 5.36. The molecular weight excluding hydrogens is 374 g/mol. The van der Waals surface area contributed by atoms with Crippen molar-refractivity contribution >= 4 is 23.6 Å². The number of hydrogen-bond acceptors (Lipinski definition) is 6. The molecule has 2 aromatic rings. The molecule has 146 valence electrons. The first kappa shape index (κ1) is 21.5. The van der Waals surface area contributed by atoms with Gasteiger partial charge in [-0.3, -0.25) is 4.79 Å². The van der Waals surface area contributed by atoms with E-state index < -0.39 is 5.97 Å². The minimum absolute atomic E-state index is 0.0642. The summed E-state index contributed by atoms with van der Waals surface area (Å²) < 4.78 is 4.99. The Bertz CT molecular complexity index is 894. The van der Waals surface area contributed by atoms with Gasteiger partial charge in [-0.15, -0.1) is 0 Å². The van der Waals surface area contributed by atoms with Crippen LogP contribution in [0.25, 0.3) is 0 Å². The van der Waals surface area contributed by atoms with Crippen LogP contribution in [0.3, 0.4) is 0 Å². The molecule has 0 spiro atoms. The lowest BCUT2D eigenvalue weighted by molar-refractivity contribution is -0.128. The van der Waals surface area contributed by atoms with Crippen molar-refractivity contribution < 1.29 is 14.3 Å². The minimum Gasteiger partial charge on any atom is -0.462 e. The quantitative estimate of drug-likeness (QED) is 0.523. The first-order valence-electron chi connectivity index (χ1n) is 8.91. The number of rotatable bonds is 7. The highest BCUT2D eigenvalue weighted by Gasteiger charge is 2.20. The molecule has 0 fully saturated rings. The van der Waals surface area contributed by atoms with Crippen LogP contribution < -0.4 is 0 Å². The fraction of sp³-hybridized carbons (Fsp3) is 0.333. The van der Waals surface area contributed by atoms with E-state index in [1.54, 1.807) is 25.8 Å². The van der Waals surface area contributed by atoms with Crippen LogP contribution in [0.15, 0.2) is 41.4 Å². The van der Waals surface area contributed by atoms with Crippen molar-refractivity contribution in [2.45, 2.75) is 31.8 Å². The van der Waals surface area contributed by atoms with Gasteiger partial charge in [0.25, 0.3) is 0 Å². The van der Waals surface area contributed by atoms with Gasteiger partial charge in [-0.1, -0.05) is 42.1 Å². The van der Waals surface area contributed by atoms with Crippen molar-refractivity contribution in [1.82, 2.24) is 9.88 Å². The summed E-state index contributed by atoms with van der Waals surface area (Å²) in [6.45, 7) is 5.61. The summed E-state index contributed by atoms with van der Waals surface area (Å²) >= 11 is 1.19. The Kier molecular flexibility index (Phi) is 7.59. The number of aromatic nitrogens is 1. The number of nitriles is 1. The Morgan fingerprint density at radius 1 is 1.32 bits per heavy atom. The second kappa shape index (κ2) is 9.90. The molecule has 1 atom stereocenters. The topological polar surface area (TPSA) is 83.3 Å². The second-order valence-corrected chi connectivity index (χ2v) is 7.15. The van der Waals surface area contributed by atoms with E-state index in [4.69, 9.17) is 4.74 Å². The lowest BCUT2D eigenvalue weighted by Crippen LogP contribution is -2.31. The Labute approximate surface area is 169 Å². The van der Waals surface area contributed by atoms with Gasteiger partial charge < -0.3 is 9.64 Å². The van der Waals surface area contributed by atoms with Crippen molar-refractivity contribution in [2.24, 2.45) is 0 Å². The zero-order valence-electron chi connectivity index (χ0n) is 16.4. The van der Waals surface area contributed by atoms with Crippen molar-refractivity contribution in [1.29, 1.82) is 5.26 Å². The average molecular weight is 398 g/mol. The Morgan fingerprint density at radius 3 is 2.61 bits per heavy atom. The monoisotopic (exact) mass is 397 g/mol. The molecule has 6 nitrogen and oxygen atoms in total. The SMILES string of the molecule is CCOC(=O)c1cc(C#N)c(SCC(=O)N(C)[C@H](C)c2ccccc2)nc1C. The van der Waals surface area contributed by atoms with Crippen LogP contribution in [-0.4, -0.2) is 41.2 Å². The Hall–Kier alpha value is -2.85. The summed E-state index contributed by atoms with van der Waals surface area (Å²) in [6.07, 6.45) is 0. The van der Waals surface area contributed by atoms with Crippen LogP contribution in [0.1, 0.15) is 47.1 Å². The smallest absolute Gasteiger partial charge is 0.340 e. The van der Waals surface area contributed by atoms with Gasteiger partial charge in [0.15, 0.2) is 0 Å². The maximum atomic E-state index is 12.6. The molecule has 0 aliphatic carbocycles. The summed E-state index contributed by atoms with van der Waals surface area (Å²) in [5, 5.41) is 9.84. The van der Waals surface area contributed by atoms with Gasteiger partial charge in [0.1, 0.15) is 11.1 Å². The maximum absolute atomic E-state index is 12.6. The zero-order valence-corrected chi connectivity index (χ0v) is 17.2. The third-order valence-electron chi connectivity index (χ3n) is 4.38. The van der Waals surface area contributed by atoms with Crippen LogP contribution in [0.2, 0.25) is 0 Å². The molecule has 0 unspecified atom stereocenters. The number of aryl methyl sites for hydroxylation is 1. The summed E-state index contributed by atoms with van der Waals surface area (Å²) in [5.41, 5.74) is 2.04. The Balaban J connectivity index is 2.11. The number of benzene rings is 1. The molecule has 1 amide bonds. The van der Waals surface area contributed by atoms with Crippen LogP contribution >= 0.6 is 11.8 Å². The summed E-state index contributed by atoms with van der Waals surface area (Å²) in [4.78, 5) is 30.6. The van der Waals surface area contributed by atoms with Crippen LogP contribution in [0.5, 0.6) is 0 Å². The molecule has 0 aliphatic heterocycles. The third kappa shape index (κ3) is 5.11. The fourth-order valence-corrected chi connectivity index (χ4v) is 3.52. The van der Waals surface area contributed by atoms with E-state index in [9.17, 15) is 14.9 Å². The van der Waals surface area contributed by atoms with Gasteiger partial charge in [0.2, 0.25) is 5.91 Å². The average Bonchev–Trinajstić information content (AvgIpc) is 2.71. The van der Waals surface area contributed by atoms with Gasteiger partial charge in [0.05, 0.1) is 35.2 Å². The molecular formula is C21H23N3O3S. The molecule has 0 aliphatic rings. The standard InChI is InChI=1S/C21H23N3O3S/c1-5-27-21(26)18-11-17(12-22)20(23-14(18)2)28-13-19(25)24(4)15(3)16-9-7-6-8-10-16/h6-11,15H,5,13H2,1-4H3/t15-/m1/s1.